The fraction of sp³-hybridized carbons (Fsp3) is 0.529. The number of benzene rings is 1. The van der Waals surface area contributed by atoms with Crippen LogP contribution in [0.15, 0.2) is 30.8 Å². The van der Waals surface area contributed by atoms with Gasteiger partial charge in [-0.15, -0.1) is 0 Å². The van der Waals surface area contributed by atoms with E-state index in [1.807, 2.05) is 30.3 Å². The molecule has 1 aromatic carbocycles. The van der Waals surface area contributed by atoms with Crippen molar-refractivity contribution in [2.75, 3.05) is 19.8 Å². The topological polar surface area (TPSA) is 18.5 Å². The van der Waals surface area contributed by atoms with Crippen molar-refractivity contribution in [1.29, 1.82) is 0 Å². The van der Waals surface area contributed by atoms with Crippen molar-refractivity contribution < 1.29 is 9.47 Å². The molecule has 1 aromatic rings. The zero-order valence-electron chi connectivity index (χ0n) is 11.6. The van der Waals surface area contributed by atoms with Crippen molar-refractivity contribution in [2.45, 2.75) is 32.1 Å². The maximum atomic E-state index is 5.70. The van der Waals surface area contributed by atoms with Crippen molar-refractivity contribution in [3.63, 3.8) is 0 Å². The quantitative estimate of drug-likeness (QED) is 0.680. The molecule has 0 N–H and O–H groups in total. The van der Waals surface area contributed by atoms with Gasteiger partial charge in [0.25, 0.3) is 0 Å². The van der Waals surface area contributed by atoms with E-state index in [1.54, 1.807) is 0 Å². The summed E-state index contributed by atoms with van der Waals surface area (Å²) in [7, 11) is 0. The van der Waals surface area contributed by atoms with Crippen LogP contribution in [0, 0.1) is 5.92 Å². The fourth-order valence-electron chi connectivity index (χ4n) is 2.52. The molecule has 2 nitrogen and oxygen atoms in total. The SMILES string of the molecule is C=Cc1ccc(OCCOCC2CCCCC2)cc1. The molecule has 1 aliphatic carbocycles. The van der Waals surface area contributed by atoms with E-state index in [0.717, 1.165) is 23.8 Å². The normalized spacial score (nSPS) is 16.2. The van der Waals surface area contributed by atoms with E-state index in [0.29, 0.717) is 13.2 Å². The van der Waals surface area contributed by atoms with Crippen molar-refractivity contribution in [1.82, 2.24) is 0 Å². The summed E-state index contributed by atoms with van der Waals surface area (Å²) >= 11 is 0. The summed E-state index contributed by atoms with van der Waals surface area (Å²) in [4.78, 5) is 0. The molecule has 2 rings (SSSR count). The standard InChI is InChI=1S/C17H24O2/c1-2-15-8-10-17(11-9-15)19-13-12-18-14-16-6-4-3-5-7-16/h2,8-11,16H,1,3-7,12-14H2. The number of hydrogen-bond acceptors (Lipinski definition) is 2. The smallest absolute Gasteiger partial charge is 0.119 e. The summed E-state index contributed by atoms with van der Waals surface area (Å²) in [6.45, 7) is 5.94. The molecule has 0 aromatic heterocycles. The first-order chi connectivity index (χ1) is 9.38. The minimum absolute atomic E-state index is 0.625. The van der Waals surface area contributed by atoms with Gasteiger partial charge in [0.2, 0.25) is 0 Å². The lowest BCUT2D eigenvalue weighted by Gasteiger charge is -2.21. The van der Waals surface area contributed by atoms with Crippen LogP contribution in [-0.2, 0) is 4.74 Å². The van der Waals surface area contributed by atoms with Gasteiger partial charge in [0.15, 0.2) is 0 Å². The van der Waals surface area contributed by atoms with Crippen LogP contribution < -0.4 is 4.74 Å². The second-order valence-corrected chi connectivity index (χ2v) is 5.20. The van der Waals surface area contributed by atoms with Crippen molar-refractivity contribution in [2.24, 2.45) is 5.92 Å². The average Bonchev–Trinajstić information content (AvgIpc) is 2.49. The Labute approximate surface area is 116 Å². The van der Waals surface area contributed by atoms with Gasteiger partial charge in [0, 0.05) is 6.61 Å². The first-order valence-corrected chi connectivity index (χ1v) is 7.31. The van der Waals surface area contributed by atoms with E-state index in [9.17, 15) is 0 Å². The van der Waals surface area contributed by atoms with Gasteiger partial charge in [-0.1, -0.05) is 44.1 Å². The number of hydrogen-bond donors (Lipinski definition) is 0. The summed E-state index contributed by atoms with van der Waals surface area (Å²) < 4.78 is 11.3. The first-order valence-electron chi connectivity index (χ1n) is 7.31. The third-order valence-corrected chi connectivity index (χ3v) is 3.69. The Morgan fingerprint density at radius 1 is 1.05 bits per heavy atom. The highest BCUT2D eigenvalue weighted by atomic mass is 16.5. The first kappa shape index (κ1) is 14.1. The maximum Gasteiger partial charge on any atom is 0.119 e. The summed E-state index contributed by atoms with van der Waals surface area (Å²) in [5.41, 5.74) is 1.11. The molecule has 0 aliphatic heterocycles. The molecule has 2 heteroatoms. The van der Waals surface area contributed by atoms with Crippen LogP contribution in [-0.4, -0.2) is 19.8 Å². The molecule has 0 atom stereocenters. The van der Waals surface area contributed by atoms with E-state index >= 15 is 0 Å². The highest BCUT2D eigenvalue weighted by Crippen LogP contribution is 2.23. The monoisotopic (exact) mass is 260 g/mol. The number of rotatable bonds is 7. The van der Waals surface area contributed by atoms with Crippen LogP contribution in [0.2, 0.25) is 0 Å². The van der Waals surface area contributed by atoms with Gasteiger partial charge in [-0.25, -0.2) is 0 Å². The van der Waals surface area contributed by atoms with E-state index in [-0.39, 0.29) is 0 Å². The maximum absolute atomic E-state index is 5.70. The van der Waals surface area contributed by atoms with Gasteiger partial charge in [0.05, 0.1) is 6.61 Å². The average molecular weight is 260 g/mol. The predicted octanol–water partition coefficient (Wildman–Crippen LogP) is 4.31. The number of ether oxygens (including phenoxy) is 2. The molecule has 0 bridgehead atoms. The van der Waals surface area contributed by atoms with Gasteiger partial charge in [-0.2, -0.15) is 0 Å². The van der Waals surface area contributed by atoms with Crippen LogP contribution in [0.5, 0.6) is 5.75 Å². The lowest BCUT2D eigenvalue weighted by atomic mass is 9.90. The Bertz CT molecular complexity index is 363. The van der Waals surface area contributed by atoms with Crippen molar-refractivity contribution >= 4 is 6.08 Å². The molecule has 0 unspecified atom stereocenters. The third-order valence-electron chi connectivity index (χ3n) is 3.69. The van der Waals surface area contributed by atoms with Crippen LogP contribution in [0.3, 0.4) is 0 Å². The molecule has 0 amide bonds. The lowest BCUT2D eigenvalue weighted by Crippen LogP contribution is -2.16. The molecule has 104 valence electrons. The van der Waals surface area contributed by atoms with Crippen molar-refractivity contribution in [3.05, 3.63) is 36.4 Å². The van der Waals surface area contributed by atoms with E-state index in [1.165, 1.54) is 32.1 Å². The lowest BCUT2D eigenvalue weighted by molar-refractivity contribution is 0.0635. The van der Waals surface area contributed by atoms with Crippen LogP contribution >= 0.6 is 0 Å². The summed E-state index contributed by atoms with van der Waals surface area (Å²) in [6.07, 6.45) is 8.66. The summed E-state index contributed by atoms with van der Waals surface area (Å²) in [5, 5.41) is 0. The van der Waals surface area contributed by atoms with Crippen LogP contribution in [0.1, 0.15) is 37.7 Å². The molecule has 1 fully saturated rings. The fourth-order valence-corrected chi connectivity index (χ4v) is 2.52. The molecule has 0 spiro atoms. The second kappa shape index (κ2) is 8.00. The molecule has 1 aliphatic rings. The molecule has 0 saturated heterocycles. The van der Waals surface area contributed by atoms with Crippen LogP contribution in [0.25, 0.3) is 6.08 Å². The van der Waals surface area contributed by atoms with Crippen LogP contribution in [0.4, 0.5) is 0 Å². The molecular formula is C17H24O2. The third kappa shape index (κ3) is 5.07. The summed E-state index contributed by atoms with van der Waals surface area (Å²) in [5.74, 6) is 1.67. The Morgan fingerprint density at radius 2 is 1.79 bits per heavy atom. The summed E-state index contributed by atoms with van der Waals surface area (Å²) in [6, 6.07) is 7.95. The minimum atomic E-state index is 0.625. The Kier molecular flexibility index (Phi) is 5.96. The zero-order valence-corrected chi connectivity index (χ0v) is 11.6. The molecule has 0 radical (unpaired) electrons. The molecule has 1 saturated carbocycles. The molecular weight excluding hydrogens is 236 g/mol. The largest absolute Gasteiger partial charge is 0.491 e. The Morgan fingerprint density at radius 3 is 2.47 bits per heavy atom. The van der Waals surface area contributed by atoms with E-state index in [2.05, 4.69) is 6.58 Å². The molecule has 0 heterocycles. The van der Waals surface area contributed by atoms with Gasteiger partial charge < -0.3 is 9.47 Å². The Hall–Kier alpha value is -1.28. The van der Waals surface area contributed by atoms with E-state index in [4.69, 9.17) is 9.47 Å². The second-order valence-electron chi connectivity index (χ2n) is 5.20. The molecule has 19 heavy (non-hydrogen) atoms. The van der Waals surface area contributed by atoms with Gasteiger partial charge in [-0.05, 0) is 36.5 Å². The highest BCUT2D eigenvalue weighted by molar-refractivity contribution is 5.48. The van der Waals surface area contributed by atoms with Gasteiger partial charge >= 0.3 is 0 Å². The highest BCUT2D eigenvalue weighted by Gasteiger charge is 2.12. The minimum Gasteiger partial charge on any atom is -0.491 e. The van der Waals surface area contributed by atoms with E-state index < -0.39 is 0 Å². The Balaban J connectivity index is 1.56. The van der Waals surface area contributed by atoms with Crippen molar-refractivity contribution in [3.8, 4) is 5.75 Å². The van der Waals surface area contributed by atoms with Gasteiger partial charge in [0.1, 0.15) is 12.4 Å². The van der Waals surface area contributed by atoms with Gasteiger partial charge in [-0.3, -0.25) is 0 Å². The predicted molar refractivity (Wildman–Crippen MR) is 79.4 cm³/mol. The zero-order chi connectivity index (χ0) is 13.3.